The third kappa shape index (κ3) is 3.73. The second kappa shape index (κ2) is 7.60. The molecule has 2 amide bonds. The molecule has 0 radical (unpaired) electrons. The van der Waals surface area contributed by atoms with Crippen LogP contribution in [-0.4, -0.2) is 55.7 Å². The number of urea groups is 1. The lowest BCUT2D eigenvalue weighted by Crippen LogP contribution is -2.57. The molecule has 6 heteroatoms. The lowest BCUT2D eigenvalue weighted by molar-refractivity contribution is 0.0525. The molecule has 138 valence electrons. The highest BCUT2D eigenvalue weighted by Gasteiger charge is 2.37. The van der Waals surface area contributed by atoms with E-state index in [1.165, 1.54) is 19.6 Å². The van der Waals surface area contributed by atoms with E-state index in [0.717, 1.165) is 32.5 Å². The summed E-state index contributed by atoms with van der Waals surface area (Å²) in [5.74, 6) is 0.642. The van der Waals surface area contributed by atoms with Crippen molar-refractivity contribution in [2.45, 2.75) is 38.3 Å². The first-order chi connectivity index (χ1) is 12.0. The van der Waals surface area contributed by atoms with Gasteiger partial charge in [-0.15, -0.1) is 0 Å². The van der Waals surface area contributed by atoms with E-state index >= 15 is 0 Å². The molecule has 0 unspecified atom stereocenters. The molecule has 0 spiro atoms. The van der Waals surface area contributed by atoms with Crippen molar-refractivity contribution in [2.75, 3.05) is 33.8 Å². The molecule has 1 N–H and O–H groups in total. The molecule has 2 fully saturated rings. The Balaban J connectivity index is 1.71. The summed E-state index contributed by atoms with van der Waals surface area (Å²) in [7, 11) is 3.66. The molecule has 2 heterocycles. The SMILES string of the molecule is COc1cccc(F)c1[C@H](C)NC(=O)N1CCC[C@@H]2CN(C)CC[C@H]21. The Kier molecular flexibility index (Phi) is 5.47. The summed E-state index contributed by atoms with van der Waals surface area (Å²) in [6.07, 6.45) is 3.21. The Morgan fingerprint density at radius 2 is 2.16 bits per heavy atom. The minimum atomic E-state index is -0.449. The number of halogens is 1. The van der Waals surface area contributed by atoms with Gasteiger partial charge in [0.2, 0.25) is 0 Å². The van der Waals surface area contributed by atoms with E-state index in [0.29, 0.717) is 23.3 Å². The van der Waals surface area contributed by atoms with Crippen LogP contribution in [0.15, 0.2) is 18.2 Å². The molecule has 3 atom stereocenters. The fourth-order valence-corrected chi connectivity index (χ4v) is 4.29. The number of fused-ring (bicyclic) bond motifs is 1. The van der Waals surface area contributed by atoms with Gasteiger partial charge >= 0.3 is 6.03 Å². The second-order valence-electron chi connectivity index (χ2n) is 7.24. The highest BCUT2D eigenvalue weighted by Crippen LogP contribution is 2.31. The predicted octanol–water partition coefficient (Wildman–Crippen LogP) is 3.02. The standard InChI is InChI=1S/C19H28FN3O2/c1-13(18-15(20)7-4-8-17(18)25-3)21-19(24)23-10-5-6-14-12-22(2)11-9-16(14)23/h4,7-8,13-14,16H,5-6,9-12H2,1-3H3,(H,21,24)/t13-,14+,16+/m0/s1. The zero-order valence-corrected chi connectivity index (χ0v) is 15.3. The van der Waals surface area contributed by atoms with Gasteiger partial charge in [-0.1, -0.05) is 6.07 Å². The molecule has 0 aliphatic carbocycles. The number of hydrogen-bond acceptors (Lipinski definition) is 3. The average molecular weight is 349 g/mol. The van der Waals surface area contributed by atoms with Gasteiger partial charge in [0.05, 0.1) is 18.7 Å². The summed E-state index contributed by atoms with van der Waals surface area (Å²) in [5.41, 5.74) is 0.398. The molecule has 0 saturated carbocycles. The lowest BCUT2D eigenvalue weighted by Gasteiger charge is -2.46. The van der Waals surface area contributed by atoms with Crippen LogP contribution in [-0.2, 0) is 0 Å². The molecule has 2 aliphatic rings. The highest BCUT2D eigenvalue weighted by molar-refractivity contribution is 5.75. The van der Waals surface area contributed by atoms with Crippen LogP contribution < -0.4 is 10.1 Å². The molecular weight excluding hydrogens is 321 g/mol. The number of nitrogens with one attached hydrogen (secondary N) is 1. The molecule has 1 aromatic carbocycles. The van der Waals surface area contributed by atoms with E-state index in [-0.39, 0.29) is 11.8 Å². The molecule has 5 nitrogen and oxygen atoms in total. The van der Waals surface area contributed by atoms with Crippen LogP contribution in [0.3, 0.4) is 0 Å². The molecule has 25 heavy (non-hydrogen) atoms. The van der Waals surface area contributed by atoms with Gasteiger partial charge in [-0.05, 0) is 57.8 Å². The number of ether oxygens (including phenoxy) is 1. The Bertz CT molecular complexity index is 625. The van der Waals surface area contributed by atoms with E-state index in [1.807, 2.05) is 4.90 Å². The van der Waals surface area contributed by atoms with Crippen LogP contribution in [0.5, 0.6) is 5.75 Å². The van der Waals surface area contributed by atoms with Crippen LogP contribution in [0.25, 0.3) is 0 Å². The van der Waals surface area contributed by atoms with Crippen molar-refractivity contribution >= 4 is 6.03 Å². The maximum atomic E-state index is 14.2. The van der Waals surface area contributed by atoms with Crippen molar-refractivity contribution in [3.8, 4) is 5.75 Å². The van der Waals surface area contributed by atoms with Crippen molar-refractivity contribution in [1.82, 2.24) is 15.1 Å². The van der Waals surface area contributed by atoms with Gasteiger partial charge in [0, 0.05) is 19.1 Å². The number of amides is 2. The summed E-state index contributed by atoms with van der Waals surface area (Å²) in [5, 5.41) is 2.98. The molecule has 1 aromatic rings. The molecule has 2 aliphatic heterocycles. The van der Waals surface area contributed by atoms with Crippen LogP contribution in [0.4, 0.5) is 9.18 Å². The lowest BCUT2D eigenvalue weighted by atomic mass is 9.84. The van der Waals surface area contributed by atoms with E-state index in [2.05, 4.69) is 17.3 Å². The first-order valence-electron chi connectivity index (χ1n) is 9.09. The van der Waals surface area contributed by atoms with Crippen LogP contribution in [0, 0.1) is 11.7 Å². The summed E-state index contributed by atoms with van der Waals surface area (Å²) in [6, 6.07) is 4.47. The van der Waals surface area contributed by atoms with Gasteiger partial charge in [0.15, 0.2) is 0 Å². The van der Waals surface area contributed by atoms with Crippen molar-refractivity contribution in [2.24, 2.45) is 5.92 Å². The van der Waals surface area contributed by atoms with E-state index in [1.54, 1.807) is 19.1 Å². The van der Waals surface area contributed by atoms with E-state index in [9.17, 15) is 9.18 Å². The summed E-state index contributed by atoms with van der Waals surface area (Å²) in [4.78, 5) is 17.2. The van der Waals surface area contributed by atoms with Gasteiger partial charge < -0.3 is 19.9 Å². The number of likely N-dealkylation sites (tertiary alicyclic amines) is 2. The predicted molar refractivity (Wildman–Crippen MR) is 95.2 cm³/mol. The van der Waals surface area contributed by atoms with Crippen molar-refractivity contribution in [3.05, 3.63) is 29.6 Å². The molecule has 2 saturated heterocycles. The number of piperidine rings is 2. The molecule has 3 rings (SSSR count). The average Bonchev–Trinajstić information content (AvgIpc) is 2.60. The Morgan fingerprint density at radius 1 is 1.36 bits per heavy atom. The zero-order chi connectivity index (χ0) is 18.0. The normalized spacial score (nSPS) is 25.2. The van der Waals surface area contributed by atoms with Crippen molar-refractivity contribution < 1.29 is 13.9 Å². The first-order valence-corrected chi connectivity index (χ1v) is 9.09. The fraction of sp³-hybridized carbons (Fsp3) is 0.632. The smallest absolute Gasteiger partial charge is 0.318 e. The van der Waals surface area contributed by atoms with Crippen molar-refractivity contribution in [1.29, 1.82) is 0 Å². The molecular formula is C19H28FN3O2. The largest absolute Gasteiger partial charge is 0.496 e. The number of rotatable bonds is 3. The van der Waals surface area contributed by atoms with Crippen LogP contribution in [0.1, 0.15) is 37.8 Å². The van der Waals surface area contributed by atoms with E-state index in [4.69, 9.17) is 4.74 Å². The minimum Gasteiger partial charge on any atom is -0.496 e. The molecule has 0 aromatic heterocycles. The third-order valence-corrected chi connectivity index (χ3v) is 5.54. The quantitative estimate of drug-likeness (QED) is 0.912. The van der Waals surface area contributed by atoms with Crippen LogP contribution in [0.2, 0.25) is 0 Å². The topological polar surface area (TPSA) is 44.8 Å². The number of methoxy groups -OCH3 is 1. The zero-order valence-electron chi connectivity index (χ0n) is 15.3. The van der Waals surface area contributed by atoms with E-state index < -0.39 is 6.04 Å². The van der Waals surface area contributed by atoms with Crippen molar-refractivity contribution in [3.63, 3.8) is 0 Å². The number of nitrogens with zero attached hydrogens (tertiary/aromatic N) is 2. The van der Waals surface area contributed by atoms with Gasteiger partial charge in [-0.25, -0.2) is 9.18 Å². The van der Waals surface area contributed by atoms with Crippen LogP contribution >= 0.6 is 0 Å². The third-order valence-electron chi connectivity index (χ3n) is 5.54. The summed E-state index contributed by atoms with van der Waals surface area (Å²) in [6.45, 7) is 4.64. The monoisotopic (exact) mass is 349 g/mol. The van der Waals surface area contributed by atoms with Gasteiger partial charge in [0.1, 0.15) is 11.6 Å². The Hall–Kier alpha value is -1.82. The number of hydrogen-bond donors (Lipinski definition) is 1. The minimum absolute atomic E-state index is 0.0999. The second-order valence-corrected chi connectivity index (χ2v) is 7.24. The number of benzene rings is 1. The van der Waals surface area contributed by atoms with Gasteiger partial charge in [0.25, 0.3) is 0 Å². The Labute approximate surface area is 149 Å². The Morgan fingerprint density at radius 3 is 2.92 bits per heavy atom. The highest BCUT2D eigenvalue weighted by atomic mass is 19.1. The summed E-state index contributed by atoms with van der Waals surface area (Å²) >= 11 is 0. The fourth-order valence-electron chi connectivity index (χ4n) is 4.29. The maximum absolute atomic E-state index is 14.2. The number of carbonyl (C=O) groups excluding carboxylic acids is 1. The summed E-state index contributed by atoms with van der Waals surface area (Å²) < 4.78 is 19.5. The first kappa shape index (κ1) is 18.0. The molecule has 0 bridgehead atoms. The number of carbonyl (C=O) groups is 1. The van der Waals surface area contributed by atoms with Gasteiger partial charge in [-0.2, -0.15) is 0 Å². The van der Waals surface area contributed by atoms with Gasteiger partial charge in [-0.3, -0.25) is 0 Å². The maximum Gasteiger partial charge on any atom is 0.318 e.